The van der Waals surface area contributed by atoms with E-state index in [2.05, 4.69) is 26.8 Å². The van der Waals surface area contributed by atoms with Gasteiger partial charge >= 0.3 is 5.97 Å². The first-order valence-electron chi connectivity index (χ1n) is 11.1. The van der Waals surface area contributed by atoms with Gasteiger partial charge in [-0.25, -0.2) is 0 Å². The zero-order valence-corrected chi connectivity index (χ0v) is 18.1. The summed E-state index contributed by atoms with van der Waals surface area (Å²) in [5, 5.41) is 11.5. The van der Waals surface area contributed by atoms with Crippen LogP contribution in [0.4, 0.5) is 0 Å². The van der Waals surface area contributed by atoms with E-state index in [1.54, 1.807) is 12.5 Å². The molecule has 0 aliphatic heterocycles. The molecule has 0 bridgehead atoms. The first-order valence-corrected chi connectivity index (χ1v) is 11.1. The minimum atomic E-state index is -1.20. The van der Waals surface area contributed by atoms with Crippen molar-refractivity contribution in [3.05, 3.63) is 11.6 Å². The lowest BCUT2D eigenvalue weighted by molar-refractivity contribution is -0.158. The molecule has 0 spiro atoms. The van der Waals surface area contributed by atoms with Gasteiger partial charge in [-0.1, -0.05) is 32.4 Å². The van der Waals surface area contributed by atoms with E-state index in [0.717, 1.165) is 44.9 Å². The van der Waals surface area contributed by atoms with Crippen molar-refractivity contribution in [3.8, 4) is 0 Å². The molecule has 0 aromatic carbocycles. The second-order valence-corrected chi connectivity index (χ2v) is 10.7. The Balaban J connectivity index is 1.64. The summed E-state index contributed by atoms with van der Waals surface area (Å²) in [6.45, 7) is 9.70. The standard InChI is InChI=1S/C24H36O4/c1-14-12-21-19-7-6-17-13-18(28-16(3)26)8-10-22(17,4)20(19)9-11-23(21,5)24(14,27)15(2)25/h9,14,17-19,21,27H,6-8,10-13H2,1-5H3/t14-,17+,18+,19-,21+,22+,23+,24+/m1/s1. The maximum absolute atomic E-state index is 12.5. The summed E-state index contributed by atoms with van der Waals surface area (Å²) in [4.78, 5) is 23.9. The number of aliphatic hydroxyl groups is 1. The van der Waals surface area contributed by atoms with Crippen LogP contribution in [0.3, 0.4) is 0 Å². The van der Waals surface area contributed by atoms with Gasteiger partial charge in [-0.05, 0) is 81.0 Å². The third-order valence-electron chi connectivity index (χ3n) is 9.43. The lowest BCUT2D eigenvalue weighted by atomic mass is 9.48. The second-order valence-electron chi connectivity index (χ2n) is 10.7. The number of carbonyl (C=O) groups is 2. The third-order valence-corrected chi connectivity index (χ3v) is 9.43. The van der Waals surface area contributed by atoms with Crippen LogP contribution in [0.25, 0.3) is 0 Å². The maximum atomic E-state index is 12.5. The molecule has 0 saturated heterocycles. The van der Waals surface area contributed by atoms with E-state index in [9.17, 15) is 14.7 Å². The molecule has 3 saturated carbocycles. The molecule has 3 fully saturated rings. The molecule has 0 radical (unpaired) electrons. The largest absolute Gasteiger partial charge is 0.463 e. The molecule has 0 amide bonds. The summed E-state index contributed by atoms with van der Waals surface area (Å²) in [6, 6.07) is 0. The summed E-state index contributed by atoms with van der Waals surface area (Å²) in [5.74, 6) is 1.18. The highest BCUT2D eigenvalue weighted by molar-refractivity contribution is 5.86. The van der Waals surface area contributed by atoms with Gasteiger partial charge in [0.2, 0.25) is 0 Å². The number of carbonyl (C=O) groups excluding carboxylic acids is 2. The molecule has 0 unspecified atom stereocenters. The number of fused-ring (bicyclic) bond motifs is 5. The number of ketones is 1. The number of hydrogen-bond acceptors (Lipinski definition) is 4. The van der Waals surface area contributed by atoms with Gasteiger partial charge in [0.15, 0.2) is 5.78 Å². The van der Waals surface area contributed by atoms with Gasteiger partial charge in [0.25, 0.3) is 0 Å². The number of Topliss-reactive ketones (excluding diaryl/α,β-unsaturated/α-hetero) is 1. The first kappa shape index (κ1) is 20.1. The monoisotopic (exact) mass is 388 g/mol. The minimum absolute atomic E-state index is 0.0120. The summed E-state index contributed by atoms with van der Waals surface area (Å²) >= 11 is 0. The van der Waals surface area contributed by atoms with Crippen molar-refractivity contribution in [1.82, 2.24) is 0 Å². The Morgan fingerprint density at radius 2 is 1.86 bits per heavy atom. The summed E-state index contributed by atoms with van der Waals surface area (Å²) in [6.07, 6.45) is 9.43. The smallest absolute Gasteiger partial charge is 0.302 e. The Labute approximate surface area is 169 Å². The quantitative estimate of drug-likeness (QED) is 0.561. The Bertz CT molecular complexity index is 726. The van der Waals surface area contributed by atoms with Crippen molar-refractivity contribution in [2.75, 3.05) is 0 Å². The predicted molar refractivity (Wildman–Crippen MR) is 107 cm³/mol. The molecular weight excluding hydrogens is 352 g/mol. The zero-order valence-electron chi connectivity index (χ0n) is 18.1. The molecule has 8 atom stereocenters. The van der Waals surface area contributed by atoms with Crippen LogP contribution in [0.5, 0.6) is 0 Å². The molecule has 4 aliphatic rings. The molecule has 4 nitrogen and oxygen atoms in total. The van der Waals surface area contributed by atoms with Gasteiger partial charge in [-0.2, -0.15) is 0 Å². The van der Waals surface area contributed by atoms with Crippen molar-refractivity contribution in [3.63, 3.8) is 0 Å². The Hall–Kier alpha value is -1.16. The van der Waals surface area contributed by atoms with Crippen LogP contribution in [-0.4, -0.2) is 28.6 Å². The summed E-state index contributed by atoms with van der Waals surface area (Å²) < 4.78 is 5.55. The molecule has 1 N–H and O–H groups in total. The van der Waals surface area contributed by atoms with Crippen molar-refractivity contribution >= 4 is 11.8 Å². The molecule has 0 aromatic heterocycles. The maximum Gasteiger partial charge on any atom is 0.302 e. The van der Waals surface area contributed by atoms with Crippen LogP contribution >= 0.6 is 0 Å². The van der Waals surface area contributed by atoms with Crippen LogP contribution in [0.15, 0.2) is 11.6 Å². The fourth-order valence-corrected chi connectivity index (χ4v) is 7.92. The second kappa shape index (κ2) is 6.42. The Morgan fingerprint density at radius 3 is 2.50 bits per heavy atom. The predicted octanol–water partition coefficient (Wildman–Crippen LogP) is 4.45. The lowest BCUT2D eigenvalue weighted by Crippen LogP contribution is -2.56. The molecule has 156 valence electrons. The summed E-state index contributed by atoms with van der Waals surface area (Å²) in [5.41, 5.74) is 0.184. The highest BCUT2D eigenvalue weighted by Crippen LogP contribution is 2.67. The van der Waals surface area contributed by atoms with Crippen molar-refractivity contribution in [2.24, 2.45) is 34.5 Å². The van der Waals surface area contributed by atoms with Gasteiger partial charge in [0.1, 0.15) is 11.7 Å². The van der Waals surface area contributed by atoms with Gasteiger partial charge in [0, 0.05) is 12.3 Å². The number of rotatable bonds is 2. The fourth-order valence-electron chi connectivity index (χ4n) is 7.92. The normalized spacial score (nSPS) is 50.1. The third kappa shape index (κ3) is 2.52. The van der Waals surface area contributed by atoms with E-state index in [1.165, 1.54) is 6.92 Å². The number of hydrogen-bond donors (Lipinski definition) is 1. The molecule has 4 heteroatoms. The van der Waals surface area contributed by atoms with Gasteiger partial charge in [-0.3, -0.25) is 9.59 Å². The van der Waals surface area contributed by atoms with E-state index in [-0.39, 0.29) is 34.6 Å². The molecule has 4 rings (SSSR count). The van der Waals surface area contributed by atoms with Gasteiger partial charge in [-0.15, -0.1) is 0 Å². The molecule has 4 aliphatic carbocycles. The van der Waals surface area contributed by atoms with Crippen molar-refractivity contribution < 1.29 is 19.4 Å². The van der Waals surface area contributed by atoms with E-state index in [4.69, 9.17) is 4.74 Å². The number of allylic oxidation sites excluding steroid dienone is 2. The molecule has 0 aromatic rings. The van der Waals surface area contributed by atoms with Crippen molar-refractivity contribution in [1.29, 1.82) is 0 Å². The Kier molecular flexibility index (Phi) is 4.61. The average Bonchev–Trinajstić information content (AvgIpc) is 2.83. The number of ether oxygens (including phenoxy) is 1. The first-order chi connectivity index (χ1) is 13.0. The topological polar surface area (TPSA) is 63.6 Å². The minimum Gasteiger partial charge on any atom is -0.463 e. The highest BCUT2D eigenvalue weighted by Gasteiger charge is 2.66. The molecular formula is C24H36O4. The SMILES string of the molecule is CC(=O)O[C@H]1CC[C@]2(C)C3=CC[C@@]4(C)[C@@H](C[C@@H](C)[C@]4(O)C(C)=O)[C@@H]3CC[C@H]2C1. The number of esters is 1. The van der Waals surface area contributed by atoms with E-state index in [0.29, 0.717) is 17.8 Å². The van der Waals surface area contributed by atoms with Crippen LogP contribution in [0.1, 0.15) is 79.6 Å². The average molecular weight is 389 g/mol. The van der Waals surface area contributed by atoms with E-state index >= 15 is 0 Å². The Morgan fingerprint density at radius 1 is 1.14 bits per heavy atom. The van der Waals surface area contributed by atoms with E-state index in [1.807, 2.05) is 0 Å². The zero-order chi connectivity index (χ0) is 20.5. The molecule has 28 heavy (non-hydrogen) atoms. The van der Waals surface area contributed by atoms with Crippen LogP contribution < -0.4 is 0 Å². The highest BCUT2D eigenvalue weighted by atomic mass is 16.5. The van der Waals surface area contributed by atoms with Gasteiger partial charge < -0.3 is 9.84 Å². The fraction of sp³-hybridized carbons (Fsp3) is 0.833. The molecule has 0 heterocycles. The van der Waals surface area contributed by atoms with Crippen LogP contribution in [0.2, 0.25) is 0 Å². The van der Waals surface area contributed by atoms with E-state index < -0.39 is 5.60 Å². The van der Waals surface area contributed by atoms with Crippen molar-refractivity contribution in [2.45, 2.75) is 91.3 Å². The van der Waals surface area contributed by atoms with Crippen LogP contribution in [-0.2, 0) is 14.3 Å². The van der Waals surface area contributed by atoms with Gasteiger partial charge in [0.05, 0.1) is 0 Å². The lowest BCUT2D eigenvalue weighted by Gasteiger charge is -2.57. The van der Waals surface area contributed by atoms with Crippen LogP contribution in [0, 0.1) is 34.5 Å². The summed E-state index contributed by atoms with van der Waals surface area (Å²) in [7, 11) is 0.